The van der Waals surface area contributed by atoms with E-state index in [1.54, 1.807) is 0 Å². The average molecular weight is 151 g/mol. The van der Waals surface area contributed by atoms with Crippen molar-refractivity contribution in [3.63, 3.8) is 0 Å². The van der Waals surface area contributed by atoms with Gasteiger partial charge < -0.3 is 0 Å². The maximum atomic E-state index is 12.1. The van der Waals surface area contributed by atoms with Crippen molar-refractivity contribution in [2.45, 2.75) is 17.7 Å². The molecule has 0 aliphatic heterocycles. The minimum Gasteiger partial charge on any atom is -0.205 e. The molecule has 0 spiro atoms. The molecule has 0 nitrogen and oxygen atoms in total. The van der Waals surface area contributed by atoms with Gasteiger partial charge in [-0.1, -0.05) is 0 Å². The second kappa shape index (κ2) is 1.85. The maximum absolute atomic E-state index is 12.1. The first-order valence-corrected chi connectivity index (χ1v) is 2.99. The van der Waals surface area contributed by atoms with Crippen LogP contribution in [-0.4, -0.2) is 11.3 Å². The maximum Gasteiger partial charge on any atom is 0.270 e. The SMILES string of the molecule is C#CCC1[C@@H](Cl)C1(F)F. The quantitative estimate of drug-likeness (QED) is 0.396. The Bertz CT molecular complexity index is 159. The molecule has 1 rings (SSSR count). The van der Waals surface area contributed by atoms with E-state index in [1.165, 1.54) is 0 Å². The Hall–Kier alpha value is -0.290. The Morgan fingerprint density at radius 3 is 2.22 bits per heavy atom. The van der Waals surface area contributed by atoms with Gasteiger partial charge in [0.05, 0.1) is 5.92 Å². The van der Waals surface area contributed by atoms with Crippen molar-refractivity contribution in [3.8, 4) is 12.3 Å². The molecule has 1 fully saturated rings. The van der Waals surface area contributed by atoms with Crippen LogP contribution in [0, 0.1) is 18.3 Å². The van der Waals surface area contributed by atoms with Gasteiger partial charge in [-0.25, -0.2) is 8.78 Å². The molecule has 0 saturated heterocycles. The van der Waals surface area contributed by atoms with Gasteiger partial charge in [0.15, 0.2) is 0 Å². The van der Waals surface area contributed by atoms with E-state index in [1.807, 2.05) is 0 Å². The molecule has 0 amide bonds. The minimum absolute atomic E-state index is 0.0845. The molecule has 3 heteroatoms. The predicted molar refractivity (Wildman–Crippen MR) is 31.5 cm³/mol. The van der Waals surface area contributed by atoms with Crippen LogP contribution in [0.4, 0.5) is 8.78 Å². The summed E-state index contributed by atoms with van der Waals surface area (Å²) in [6, 6.07) is 0. The zero-order chi connectivity index (χ0) is 7.07. The molecule has 0 N–H and O–H groups in total. The van der Waals surface area contributed by atoms with Crippen molar-refractivity contribution in [2.24, 2.45) is 5.92 Å². The Morgan fingerprint density at radius 1 is 1.67 bits per heavy atom. The summed E-state index contributed by atoms with van der Waals surface area (Å²) in [6.45, 7) is 0. The van der Waals surface area contributed by atoms with E-state index in [2.05, 4.69) is 5.92 Å². The van der Waals surface area contributed by atoms with Crippen LogP contribution < -0.4 is 0 Å². The van der Waals surface area contributed by atoms with E-state index in [0.29, 0.717) is 0 Å². The first-order chi connectivity index (χ1) is 4.10. The molecule has 2 atom stereocenters. The lowest BCUT2D eigenvalue weighted by molar-refractivity contribution is 0.101. The lowest BCUT2D eigenvalue weighted by atomic mass is 10.3. The van der Waals surface area contributed by atoms with Gasteiger partial charge in [-0.2, -0.15) is 0 Å². The molecule has 1 aliphatic carbocycles. The average Bonchev–Trinajstić information content (AvgIpc) is 2.19. The van der Waals surface area contributed by atoms with Crippen molar-refractivity contribution < 1.29 is 8.78 Å². The molecule has 0 aromatic carbocycles. The minimum atomic E-state index is -2.70. The second-order valence-corrected chi connectivity index (χ2v) is 2.56. The Morgan fingerprint density at radius 2 is 2.11 bits per heavy atom. The summed E-state index contributed by atoms with van der Waals surface area (Å²) in [4.78, 5) is 0. The molecule has 0 heterocycles. The highest BCUT2D eigenvalue weighted by Crippen LogP contribution is 2.54. The fraction of sp³-hybridized carbons (Fsp3) is 0.667. The Kier molecular flexibility index (Phi) is 1.40. The number of rotatable bonds is 1. The van der Waals surface area contributed by atoms with E-state index in [0.717, 1.165) is 0 Å². The molecule has 0 aromatic heterocycles. The smallest absolute Gasteiger partial charge is 0.205 e. The summed E-state index contributed by atoms with van der Waals surface area (Å²) < 4.78 is 24.3. The Labute approximate surface area is 57.2 Å². The van der Waals surface area contributed by atoms with Gasteiger partial charge in [0.25, 0.3) is 5.92 Å². The van der Waals surface area contributed by atoms with Gasteiger partial charge in [0.2, 0.25) is 0 Å². The van der Waals surface area contributed by atoms with E-state index in [-0.39, 0.29) is 6.42 Å². The summed E-state index contributed by atoms with van der Waals surface area (Å²) in [5.74, 6) is -1.32. The molecule has 9 heavy (non-hydrogen) atoms. The first-order valence-electron chi connectivity index (χ1n) is 2.56. The fourth-order valence-corrected chi connectivity index (χ4v) is 1.06. The van der Waals surface area contributed by atoms with E-state index in [9.17, 15) is 8.78 Å². The van der Waals surface area contributed by atoms with Crippen molar-refractivity contribution in [3.05, 3.63) is 0 Å². The van der Waals surface area contributed by atoms with E-state index in [4.69, 9.17) is 18.0 Å². The van der Waals surface area contributed by atoms with Gasteiger partial charge in [0, 0.05) is 6.42 Å². The van der Waals surface area contributed by atoms with E-state index < -0.39 is 17.2 Å². The fourth-order valence-electron chi connectivity index (χ4n) is 0.715. The van der Waals surface area contributed by atoms with Crippen molar-refractivity contribution in [2.75, 3.05) is 0 Å². The predicted octanol–water partition coefficient (Wildman–Crippen LogP) is 1.88. The third-order valence-electron chi connectivity index (χ3n) is 1.44. The molecule has 0 bridgehead atoms. The summed E-state index contributed by atoms with van der Waals surface area (Å²) in [5, 5.41) is -1.02. The summed E-state index contributed by atoms with van der Waals surface area (Å²) in [5.41, 5.74) is 0. The van der Waals surface area contributed by atoms with Crippen molar-refractivity contribution in [1.82, 2.24) is 0 Å². The zero-order valence-electron chi connectivity index (χ0n) is 4.57. The van der Waals surface area contributed by atoms with Gasteiger partial charge >= 0.3 is 0 Å². The highest BCUT2D eigenvalue weighted by molar-refractivity contribution is 6.23. The topological polar surface area (TPSA) is 0 Å². The third-order valence-corrected chi connectivity index (χ3v) is 2.04. The van der Waals surface area contributed by atoms with E-state index >= 15 is 0 Å². The van der Waals surface area contributed by atoms with Gasteiger partial charge in [0.1, 0.15) is 5.38 Å². The molecule has 1 saturated carbocycles. The van der Waals surface area contributed by atoms with Crippen LogP contribution in [0.15, 0.2) is 0 Å². The molecule has 1 unspecified atom stereocenters. The van der Waals surface area contributed by atoms with Crippen LogP contribution in [0.25, 0.3) is 0 Å². The molecular formula is C6H5ClF2. The summed E-state index contributed by atoms with van der Waals surface area (Å²) in [6.07, 6.45) is 4.90. The van der Waals surface area contributed by atoms with Crippen LogP contribution in [-0.2, 0) is 0 Å². The number of hydrogen-bond donors (Lipinski definition) is 0. The highest BCUT2D eigenvalue weighted by Gasteiger charge is 2.67. The van der Waals surface area contributed by atoms with Gasteiger partial charge in [-0.15, -0.1) is 23.9 Å². The highest BCUT2D eigenvalue weighted by atomic mass is 35.5. The number of alkyl halides is 3. The van der Waals surface area contributed by atoms with Gasteiger partial charge in [-0.05, 0) is 0 Å². The largest absolute Gasteiger partial charge is 0.270 e. The van der Waals surface area contributed by atoms with Crippen LogP contribution in [0.2, 0.25) is 0 Å². The number of hydrogen-bond acceptors (Lipinski definition) is 0. The van der Waals surface area contributed by atoms with Crippen LogP contribution >= 0.6 is 11.6 Å². The molecule has 0 radical (unpaired) electrons. The van der Waals surface area contributed by atoms with Crippen molar-refractivity contribution in [1.29, 1.82) is 0 Å². The Balaban J connectivity index is 2.45. The standard InChI is InChI=1S/C6H5ClF2/c1-2-3-4-5(7)6(4,8)9/h1,4-5H,3H2/t4?,5-/m1/s1. The normalized spacial score (nSPS) is 37.6. The van der Waals surface area contributed by atoms with Crippen LogP contribution in [0.3, 0.4) is 0 Å². The van der Waals surface area contributed by atoms with Gasteiger partial charge in [-0.3, -0.25) is 0 Å². The molecule has 50 valence electrons. The number of halogens is 3. The monoisotopic (exact) mass is 150 g/mol. The van der Waals surface area contributed by atoms with Crippen LogP contribution in [0.1, 0.15) is 6.42 Å². The van der Waals surface area contributed by atoms with Crippen LogP contribution in [0.5, 0.6) is 0 Å². The van der Waals surface area contributed by atoms with Crippen molar-refractivity contribution >= 4 is 11.6 Å². The zero-order valence-corrected chi connectivity index (χ0v) is 5.33. The molecule has 0 aromatic rings. The molecule has 1 aliphatic rings. The first kappa shape index (κ1) is 6.82. The summed E-state index contributed by atoms with van der Waals surface area (Å²) >= 11 is 5.18. The third kappa shape index (κ3) is 0.900. The molecular weight excluding hydrogens is 146 g/mol. The number of terminal acetylenes is 1. The lowest BCUT2D eigenvalue weighted by Gasteiger charge is -1.86. The lowest BCUT2D eigenvalue weighted by Crippen LogP contribution is -1.93. The summed E-state index contributed by atoms with van der Waals surface area (Å²) in [7, 11) is 0. The second-order valence-electron chi connectivity index (χ2n) is 2.09.